The highest BCUT2D eigenvalue weighted by Crippen LogP contribution is 2.29. The SMILES string of the molecule is O=C(COc1ccccc1-c1ccccc1)OC1CCS(=O)(=O)C1. The molecule has 2 aromatic rings. The second kappa shape index (κ2) is 7.05. The van der Waals surface area contributed by atoms with Crippen molar-refractivity contribution in [2.24, 2.45) is 0 Å². The number of sulfone groups is 1. The molecular formula is C18H18O5S. The lowest BCUT2D eigenvalue weighted by atomic mass is 10.1. The van der Waals surface area contributed by atoms with Gasteiger partial charge in [-0.1, -0.05) is 48.5 Å². The number of esters is 1. The number of hydrogen-bond donors (Lipinski definition) is 0. The molecule has 1 aliphatic rings. The van der Waals surface area contributed by atoms with Gasteiger partial charge >= 0.3 is 5.97 Å². The van der Waals surface area contributed by atoms with Crippen LogP contribution in [0.1, 0.15) is 6.42 Å². The smallest absolute Gasteiger partial charge is 0.344 e. The van der Waals surface area contributed by atoms with Gasteiger partial charge in [-0.15, -0.1) is 0 Å². The van der Waals surface area contributed by atoms with Crippen molar-refractivity contribution in [3.8, 4) is 16.9 Å². The maximum atomic E-state index is 11.9. The molecular weight excluding hydrogens is 328 g/mol. The second-order valence-corrected chi connectivity index (χ2v) is 7.89. The third kappa shape index (κ3) is 4.14. The average Bonchev–Trinajstić information content (AvgIpc) is 2.92. The average molecular weight is 346 g/mol. The molecule has 6 heteroatoms. The summed E-state index contributed by atoms with van der Waals surface area (Å²) in [6, 6.07) is 17.2. The highest BCUT2D eigenvalue weighted by atomic mass is 32.2. The van der Waals surface area contributed by atoms with Crippen LogP contribution in [0.3, 0.4) is 0 Å². The molecule has 1 unspecified atom stereocenters. The first-order valence-corrected chi connectivity index (χ1v) is 9.53. The van der Waals surface area contributed by atoms with Gasteiger partial charge in [0.25, 0.3) is 0 Å². The van der Waals surface area contributed by atoms with Gasteiger partial charge in [-0.2, -0.15) is 0 Å². The number of ether oxygens (including phenoxy) is 2. The van der Waals surface area contributed by atoms with E-state index in [1.54, 1.807) is 6.07 Å². The minimum absolute atomic E-state index is 0.0721. The molecule has 0 N–H and O–H groups in total. The van der Waals surface area contributed by atoms with Crippen molar-refractivity contribution in [3.63, 3.8) is 0 Å². The van der Waals surface area contributed by atoms with Gasteiger partial charge in [-0.25, -0.2) is 13.2 Å². The Hall–Kier alpha value is -2.34. The zero-order valence-corrected chi connectivity index (χ0v) is 13.9. The number of benzene rings is 2. The molecule has 126 valence electrons. The Balaban J connectivity index is 1.62. The van der Waals surface area contributed by atoms with Crippen molar-refractivity contribution < 1.29 is 22.7 Å². The maximum absolute atomic E-state index is 11.9. The molecule has 0 aromatic heterocycles. The first kappa shape index (κ1) is 16.5. The van der Waals surface area contributed by atoms with Crippen LogP contribution in [0.25, 0.3) is 11.1 Å². The van der Waals surface area contributed by atoms with E-state index in [4.69, 9.17) is 9.47 Å². The van der Waals surface area contributed by atoms with E-state index in [-0.39, 0.29) is 18.1 Å². The fourth-order valence-electron chi connectivity index (χ4n) is 2.66. The van der Waals surface area contributed by atoms with Gasteiger partial charge in [0.1, 0.15) is 11.9 Å². The van der Waals surface area contributed by atoms with E-state index in [2.05, 4.69) is 0 Å². The fourth-order valence-corrected chi connectivity index (χ4v) is 4.25. The Labute approximate surface area is 141 Å². The molecule has 1 saturated heterocycles. The van der Waals surface area contributed by atoms with Crippen LogP contribution >= 0.6 is 0 Å². The highest BCUT2D eigenvalue weighted by molar-refractivity contribution is 7.91. The lowest BCUT2D eigenvalue weighted by molar-refractivity contribution is -0.150. The first-order chi connectivity index (χ1) is 11.5. The molecule has 1 fully saturated rings. The molecule has 5 nitrogen and oxygen atoms in total. The van der Waals surface area contributed by atoms with E-state index in [0.717, 1.165) is 11.1 Å². The van der Waals surface area contributed by atoms with E-state index < -0.39 is 21.9 Å². The molecule has 2 aromatic carbocycles. The van der Waals surface area contributed by atoms with Crippen LogP contribution in [0.2, 0.25) is 0 Å². The maximum Gasteiger partial charge on any atom is 0.344 e. The van der Waals surface area contributed by atoms with Gasteiger partial charge in [0.05, 0.1) is 11.5 Å². The molecule has 1 heterocycles. The van der Waals surface area contributed by atoms with Crippen molar-refractivity contribution in [3.05, 3.63) is 54.6 Å². The summed E-state index contributed by atoms with van der Waals surface area (Å²) in [7, 11) is -3.07. The van der Waals surface area contributed by atoms with E-state index in [0.29, 0.717) is 12.2 Å². The largest absolute Gasteiger partial charge is 0.481 e. The predicted octanol–water partition coefficient (Wildman–Crippen LogP) is 2.46. The molecule has 0 amide bonds. The zero-order chi connectivity index (χ0) is 17.0. The quantitative estimate of drug-likeness (QED) is 0.778. The Morgan fingerprint density at radius 3 is 2.46 bits per heavy atom. The molecule has 0 aliphatic carbocycles. The second-order valence-electron chi connectivity index (χ2n) is 5.67. The van der Waals surface area contributed by atoms with Crippen molar-refractivity contribution >= 4 is 15.8 Å². The Morgan fingerprint density at radius 2 is 1.75 bits per heavy atom. The third-order valence-electron chi connectivity index (χ3n) is 3.81. The normalized spacial score (nSPS) is 18.9. The van der Waals surface area contributed by atoms with Crippen LogP contribution in [0.15, 0.2) is 54.6 Å². The topological polar surface area (TPSA) is 69.7 Å². The molecule has 0 bridgehead atoms. The van der Waals surface area contributed by atoms with Gasteiger partial charge in [-0.05, 0) is 18.1 Å². The van der Waals surface area contributed by atoms with Gasteiger partial charge in [0, 0.05) is 5.56 Å². The number of carbonyl (C=O) groups excluding carboxylic acids is 1. The lowest BCUT2D eigenvalue weighted by Crippen LogP contribution is -2.23. The molecule has 24 heavy (non-hydrogen) atoms. The Kier molecular flexibility index (Phi) is 4.85. The van der Waals surface area contributed by atoms with Gasteiger partial charge in [0.15, 0.2) is 16.4 Å². The minimum Gasteiger partial charge on any atom is -0.481 e. The molecule has 0 radical (unpaired) electrons. The summed E-state index contributed by atoms with van der Waals surface area (Å²) in [5.74, 6) is 0.00165. The molecule has 1 atom stereocenters. The summed E-state index contributed by atoms with van der Waals surface area (Å²) in [6.07, 6.45) is -0.204. The van der Waals surface area contributed by atoms with Crippen LogP contribution in [-0.4, -0.2) is 38.6 Å². The van der Waals surface area contributed by atoms with Crippen LogP contribution in [0, 0.1) is 0 Å². The molecule has 0 saturated carbocycles. The van der Waals surface area contributed by atoms with Crippen molar-refractivity contribution in [1.29, 1.82) is 0 Å². The molecule has 1 aliphatic heterocycles. The summed E-state index contributed by atoms with van der Waals surface area (Å²) in [6.45, 7) is -0.250. The number of para-hydroxylation sites is 1. The van der Waals surface area contributed by atoms with Crippen LogP contribution < -0.4 is 4.74 Å². The van der Waals surface area contributed by atoms with Crippen LogP contribution in [0.4, 0.5) is 0 Å². The first-order valence-electron chi connectivity index (χ1n) is 7.71. The zero-order valence-electron chi connectivity index (χ0n) is 13.1. The minimum atomic E-state index is -3.07. The summed E-state index contributed by atoms with van der Waals surface area (Å²) in [5.41, 5.74) is 1.87. The standard InChI is InChI=1S/C18H18O5S/c19-18(23-15-10-11-24(20,21)13-15)12-22-17-9-5-4-8-16(17)14-6-2-1-3-7-14/h1-9,15H,10-13H2. The Bertz CT molecular complexity index is 814. The number of carbonyl (C=O) groups is 1. The monoisotopic (exact) mass is 346 g/mol. The van der Waals surface area contributed by atoms with Gasteiger partial charge < -0.3 is 9.47 Å². The van der Waals surface area contributed by atoms with Crippen LogP contribution in [0.5, 0.6) is 5.75 Å². The lowest BCUT2D eigenvalue weighted by Gasteiger charge is -2.13. The fraction of sp³-hybridized carbons (Fsp3) is 0.278. The highest BCUT2D eigenvalue weighted by Gasteiger charge is 2.30. The van der Waals surface area contributed by atoms with Crippen molar-refractivity contribution in [2.45, 2.75) is 12.5 Å². The van der Waals surface area contributed by atoms with Crippen molar-refractivity contribution in [1.82, 2.24) is 0 Å². The van der Waals surface area contributed by atoms with Gasteiger partial charge in [0.2, 0.25) is 0 Å². The van der Waals surface area contributed by atoms with E-state index >= 15 is 0 Å². The summed E-state index contributed by atoms with van der Waals surface area (Å²) in [4.78, 5) is 11.9. The number of hydrogen-bond acceptors (Lipinski definition) is 5. The number of rotatable bonds is 5. The Morgan fingerprint density at radius 1 is 1.04 bits per heavy atom. The van der Waals surface area contributed by atoms with E-state index in [1.165, 1.54) is 0 Å². The molecule has 3 rings (SSSR count). The summed E-state index contributed by atoms with van der Waals surface area (Å²) in [5, 5.41) is 0. The third-order valence-corrected chi connectivity index (χ3v) is 5.54. The van der Waals surface area contributed by atoms with Gasteiger partial charge in [-0.3, -0.25) is 0 Å². The van der Waals surface area contributed by atoms with E-state index in [9.17, 15) is 13.2 Å². The van der Waals surface area contributed by atoms with Crippen molar-refractivity contribution in [2.75, 3.05) is 18.1 Å². The van der Waals surface area contributed by atoms with Crippen LogP contribution in [-0.2, 0) is 19.4 Å². The summed E-state index contributed by atoms with van der Waals surface area (Å²) >= 11 is 0. The predicted molar refractivity (Wildman–Crippen MR) is 90.5 cm³/mol. The van der Waals surface area contributed by atoms with E-state index in [1.807, 2.05) is 48.5 Å². The summed E-state index contributed by atoms with van der Waals surface area (Å²) < 4.78 is 33.5. The molecule has 0 spiro atoms.